The van der Waals surface area contributed by atoms with Crippen LogP contribution in [0.4, 0.5) is 0 Å². The van der Waals surface area contributed by atoms with Crippen LogP contribution in [0.25, 0.3) is 6.08 Å². The molecule has 1 aromatic rings. The number of benzene rings is 1. The first-order chi connectivity index (χ1) is 9.02. The number of rotatable bonds is 4. The normalized spacial score (nSPS) is 20.6. The van der Waals surface area contributed by atoms with Crippen LogP contribution in [0.3, 0.4) is 0 Å². The van der Waals surface area contributed by atoms with Crippen LogP contribution in [-0.4, -0.2) is 18.2 Å². The first-order valence-corrected chi connectivity index (χ1v) is 6.67. The van der Waals surface area contributed by atoms with Crippen molar-refractivity contribution in [2.24, 2.45) is 0 Å². The van der Waals surface area contributed by atoms with E-state index in [0.29, 0.717) is 19.4 Å². The Morgan fingerprint density at radius 3 is 2.95 bits per heavy atom. The molecule has 1 aromatic carbocycles. The van der Waals surface area contributed by atoms with Crippen molar-refractivity contribution < 1.29 is 14.3 Å². The maximum atomic E-state index is 11.4. The number of esters is 1. The van der Waals surface area contributed by atoms with Crippen LogP contribution in [0.15, 0.2) is 24.3 Å². The average Bonchev–Trinajstić information content (AvgIpc) is 2.38. The van der Waals surface area contributed by atoms with Gasteiger partial charge in [0.25, 0.3) is 0 Å². The molecule has 0 spiro atoms. The Kier molecular flexibility index (Phi) is 3.93. The Labute approximate surface area is 114 Å². The Morgan fingerprint density at radius 2 is 2.21 bits per heavy atom. The molecule has 1 unspecified atom stereocenters. The molecule has 2 rings (SSSR count). The summed E-state index contributed by atoms with van der Waals surface area (Å²) in [5.74, 6) is 0.704. The molecule has 19 heavy (non-hydrogen) atoms. The second-order valence-corrected chi connectivity index (χ2v) is 5.09. The molecule has 0 amide bonds. The van der Waals surface area contributed by atoms with Gasteiger partial charge in [-0.3, -0.25) is 4.79 Å². The molecular formula is C16H20O3. The SMILES string of the molecule is CCOC(=O)CCC1(C)C=Cc2cc(C)ccc2O1. The smallest absolute Gasteiger partial charge is 0.305 e. The van der Waals surface area contributed by atoms with E-state index in [0.717, 1.165) is 11.3 Å². The van der Waals surface area contributed by atoms with Crippen molar-refractivity contribution in [3.8, 4) is 5.75 Å². The molecule has 3 heteroatoms. The summed E-state index contributed by atoms with van der Waals surface area (Å²) in [4.78, 5) is 11.4. The van der Waals surface area contributed by atoms with E-state index in [1.54, 1.807) is 0 Å². The number of hydrogen-bond acceptors (Lipinski definition) is 3. The Morgan fingerprint density at radius 1 is 1.42 bits per heavy atom. The number of hydrogen-bond donors (Lipinski definition) is 0. The standard InChI is InChI=1S/C16H20O3/c1-4-18-15(17)8-10-16(3)9-7-13-11-12(2)5-6-14(13)19-16/h5-7,9,11H,4,8,10H2,1-3H3. The van der Waals surface area contributed by atoms with Crippen molar-refractivity contribution in [1.29, 1.82) is 0 Å². The molecule has 0 bridgehead atoms. The van der Waals surface area contributed by atoms with Crippen molar-refractivity contribution in [2.75, 3.05) is 6.61 Å². The molecule has 3 nitrogen and oxygen atoms in total. The van der Waals surface area contributed by atoms with E-state index in [9.17, 15) is 4.79 Å². The highest BCUT2D eigenvalue weighted by Crippen LogP contribution is 2.33. The van der Waals surface area contributed by atoms with E-state index in [1.165, 1.54) is 5.56 Å². The summed E-state index contributed by atoms with van der Waals surface area (Å²) in [6.45, 7) is 6.29. The third kappa shape index (κ3) is 3.37. The molecule has 0 radical (unpaired) electrons. The van der Waals surface area contributed by atoms with Crippen LogP contribution in [0.1, 0.15) is 37.8 Å². The van der Waals surface area contributed by atoms with E-state index < -0.39 is 5.60 Å². The summed E-state index contributed by atoms with van der Waals surface area (Å²) in [6.07, 6.45) is 5.08. The summed E-state index contributed by atoms with van der Waals surface area (Å²) >= 11 is 0. The fourth-order valence-corrected chi connectivity index (χ4v) is 2.16. The largest absolute Gasteiger partial charge is 0.483 e. The molecule has 1 atom stereocenters. The Bertz CT molecular complexity index is 505. The van der Waals surface area contributed by atoms with Gasteiger partial charge in [-0.1, -0.05) is 17.7 Å². The Hall–Kier alpha value is -1.77. The van der Waals surface area contributed by atoms with Crippen molar-refractivity contribution >= 4 is 12.0 Å². The zero-order valence-corrected chi connectivity index (χ0v) is 11.7. The van der Waals surface area contributed by atoms with Crippen LogP contribution in [-0.2, 0) is 9.53 Å². The van der Waals surface area contributed by atoms with Gasteiger partial charge < -0.3 is 9.47 Å². The van der Waals surface area contributed by atoms with Gasteiger partial charge in [0.2, 0.25) is 0 Å². The molecule has 0 saturated heterocycles. The van der Waals surface area contributed by atoms with Gasteiger partial charge in [-0.25, -0.2) is 0 Å². The molecule has 0 N–H and O–H groups in total. The van der Waals surface area contributed by atoms with E-state index in [4.69, 9.17) is 9.47 Å². The van der Waals surface area contributed by atoms with Crippen molar-refractivity contribution in [1.82, 2.24) is 0 Å². The fraction of sp³-hybridized carbons (Fsp3) is 0.438. The summed E-state index contributed by atoms with van der Waals surface area (Å²) < 4.78 is 11.0. The zero-order chi connectivity index (χ0) is 13.9. The van der Waals surface area contributed by atoms with Gasteiger partial charge >= 0.3 is 5.97 Å². The molecule has 1 aliphatic rings. The number of carbonyl (C=O) groups excluding carboxylic acids is 1. The molecule has 0 fully saturated rings. The van der Waals surface area contributed by atoms with Crippen LogP contribution in [0.5, 0.6) is 5.75 Å². The summed E-state index contributed by atoms with van der Waals surface area (Å²) in [5.41, 5.74) is 1.87. The van der Waals surface area contributed by atoms with Gasteiger partial charge in [0.15, 0.2) is 0 Å². The lowest BCUT2D eigenvalue weighted by Gasteiger charge is -2.31. The number of ether oxygens (including phenoxy) is 2. The third-order valence-electron chi connectivity index (χ3n) is 3.25. The molecule has 1 heterocycles. The number of aryl methyl sites for hydroxylation is 1. The van der Waals surface area contributed by atoms with E-state index in [1.807, 2.05) is 32.1 Å². The second-order valence-electron chi connectivity index (χ2n) is 5.09. The van der Waals surface area contributed by atoms with E-state index in [2.05, 4.69) is 19.1 Å². The molecule has 0 aromatic heterocycles. The van der Waals surface area contributed by atoms with Gasteiger partial charge in [0, 0.05) is 18.4 Å². The zero-order valence-electron chi connectivity index (χ0n) is 11.7. The van der Waals surface area contributed by atoms with Crippen molar-refractivity contribution in [3.05, 3.63) is 35.4 Å². The average molecular weight is 260 g/mol. The predicted octanol–water partition coefficient (Wildman–Crippen LogP) is 3.50. The maximum absolute atomic E-state index is 11.4. The molecule has 0 saturated carbocycles. The van der Waals surface area contributed by atoms with Gasteiger partial charge in [-0.05, 0) is 39.0 Å². The lowest BCUT2D eigenvalue weighted by molar-refractivity contribution is -0.143. The summed E-state index contributed by atoms with van der Waals surface area (Å²) in [5, 5.41) is 0. The topological polar surface area (TPSA) is 35.5 Å². The fourth-order valence-electron chi connectivity index (χ4n) is 2.16. The lowest BCUT2D eigenvalue weighted by Crippen LogP contribution is -2.32. The van der Waals surface area contributed by atoms with Gasteiger partial charge in [0.05, 0.1) is 6.61 Å². The van der Waals surface area contributed by atoms with Crippen LogP contribution < -0.4 is 4.74 Å². The summed E-state index contributed by atoms with van der Waals surface area (Å²) in [7, 11) is 0. The van der Waals surface area contributed by atoms with E-state index >= 15 is 0 Å². The van der Waals surface area contributed by atoms with E-state index in [-0.39, 0.29) is 5.97 Å². The highest BCUT2D eigenvalue weighted by atomic mass is 16.5. The molecular weight excluding hydrogens is 240 g/mol. The predicted molar refractivity (Wildman–Crippen MR) is 75.1 cm³/mol. The summed E-state index contributed by atoms with van der Waals surface area (Å²) in [6, 6.07) is 6.11. The highest BCUT2D eigenvalue weighted by molar-refractivity contribution is 5.69. The lowest BCUT2D eigenvalue weighted by atomic mass is 9.94. The van der Waals surface area contributed by atoms with Crippen molar-refractivity contribution in [3.63, 3.8) is 0 Å². The second kappa shape index (κ2) is 5.47. The third-order valence-corrected chi connectivity index (χ3v) is 3.25. The number of carbonyl (C=O) groups is 1. The van der Waals surface area contributed by atoms with Gasteiger partial charge in [-0.15, -0.1) is 0 Å². The quantitative estimate of drug-likeness (QED) is 0.777. The minimum absolute atomic E-state index is 0.171. The van der Waals surface area contributed by atoms with Crippen LogP contribution in [0.2, 0.25) is 0 Å². The first-order valence-electron chi connectivity index (χ1n) is 6.67. The maximum Gasteiger partial charge on any atom is 0.305 e. The Balaban J connectivity index is 2.04. The molecule has 102 valence electrons. The van der Waals surface area contributed by atoms with Crippen LogP contribution in [0, 0.1) is 6.92 Å². The highest BCUT2D eigenvalue weighted by Gasteiger charge is 2.28. The van der Waals surface area contributed by atoms with Gasteiger partial charge in [-0.2, -0.15) is 0 Å². The minimum Gasteiger partial charge on any atom is -0.483 e. The monoisotopic (exact) mass is 260 g/mol. The number of fused-ring (bicyclic) bond motifs is 1. The molecule has 0 aliphatic carbocycles. The van der Waals surface area contributed by atoms with Gasteiger partial charge in [0.1, 0.15) is 11.4 Å². The molecule has 1 aliphatic heterocycles. The van der Waals surface area contributed by atoms with Crippen molar-refractivity contribution in [2.45, 2.75) is 39.2 Å². The van der Waals surface area contributed by atoms with Crippen LogP contribution >= 0.6 is 0 Å². The first kappa shape index (κ1) is 13.7. The minimum atomic E-state index is -0.435.